The molecule has 2 heterocycles. The maximum absolute atomic E-state index is 2.45. The molecule has 11 aromatic rings. The van der Waals surface area contributed by atoms with Gasteiger partial charge in [-0.25, -0.2) is 0 Å². The van der Waals surface area contributed by atoms with Gasteiger partial charge in [0.25, 0.3) is 0 Å². The Morgan fingerprint density at radius 2 is 0.760 bits per heavy atom. The molecule has 0 fully saturated rings. The van der Waals surface area contributed by atoms with Crippen LogP contribution >= 0.6 is 0 Å². The van der Waals surface area contributed by atoms with Crippen molar-refractivity contribution in [1.82, 2.24) is 9.13 Å². The lowest BCUT2D eigenvalue weighted by atomic mass is 9.98. The van der Waals surface area contributed by atoms with Gasteiger partial charge in [0.15, 0.2) is 0 Å². The van der Waals surface area contributed by atoms with Crippen LogP contribution in [-0.2, 0) is 0 Å². The van der Waals surface area contributed by atoms with Crippen LogP contribution in [0.2, 0.25) is 0 Å². The number of hydrogen-bond donors (Lipinski definition) is 0. The number of fused-ring (bicyclic) bond motifs is 14. The fourth-order valence-electron chi connectivity index (χ4n) is 9.19. The van der Waals surface area contributed by atoms with Crippen LogP contribution in [0.1, 0.15) is 0 Å². The average Bonchev–Trinajstić information content (AvgIpc) is 3.82. The summed E-state index contributed by atoms with van der Waals surface area (Å²) in [6.45, 7) is 0. The molecule has 50 heavy (non-hydrogen) atoms. The van der Waals surface area contributed by atoms with Gasteiger partial charge in [0, 0.05) is 38.5 Å². The third kappa shape index (κ3) is 3.28. The molecule has 1 aliphatic rings. The molecule has 230 valence electrons. The number of para-hydroxylation sites is 1. The molecule has 9 aromatic carbocycles. The highest BCUT2D eigenvalue weighted by Gasteiger charge is 2.26. The fourth-order valence-corrected chi connectivity index (χ4v) is 9.19. The first-order valence-electron chi connectivity index (χ1n) is 17.4. The van der Waals surface area contributed by atoms with Crippen LogP contribution in [0.25, 0.3) is 110 Å². The summed E-state index contributed by atoms with van der Waals surface area (Å²) in [5, 5.41) is 13.0. The fraction of sp³-hybridized carbons (Fsp3) is 0. The Labute approximate surface area is 287 Å². The molecule has 0 saturated heterocycles. The van der Waals surface area contributed by atoms with Gasteiger partial charge in [-0.1, -0.05) is 121 Å². The van der Waals surface area contributed by atoms with Gasteiger partial charge in [-0.05, 0) is 97.5 Å². The predicted molar refractivity (Wildman–Crippen MR) is 212 cm³/mol. The molecule has 0 saturated carbocycles. The van der Waals surface area contributed by atoms with E-state index in [2.05, 4.69) is 179 Å². The maximum atomic E-state index is 2.45. The van der Waals surface area contributed by atoms with Crippen LogP contribution in [-0.4, -0.2) is 9.13 Å². The first-order valence-corrected chi connectivity index (χ1v) is 17.4. The van der Waals surface area contributed by atoms with Gasteiger partial charge in [0.05, 0.1) is 22.1 Å². The van der Waals surface area contributed by atoms with Crippen LogP contribution in [0.4, 0.5) is 0 Å². The molecule has 0 amide bonds. The SMILES string of the molecule is c1cc2c3c(cccc3c1)-c1c-2ccc2c1c1ccccc1n2-c1ccc(-n2c3ccc4ccccc4c3c3c4ccccc4ccc32)cc1. The van der Waals surface area contributed by atoms with Gasteiger partial charge in [0.1, 0.15) is 0 Å². The van der Waals surface area contributed by atoms with Crippen molar-refractivity contribution in [3.8, 4) is 33.6 Å². The van der Waals surface area contributed by atoms with Crippen molar-refractivity contribution in [3.63, 3.8) is 0 Å². The highest BCUT2D eigenvalue weighted by Crippen LogP contribution is 2.52. The van der Waals surface area contributed by atoms with E-state index < -0.39 is 0 Å². The Bertz CT molecular complexity index is 3150. The Morgan fingerprint density at radius 3 is 1.42 bits per heavy atom. The second-order valence-electron chi connectivity index (χ2n) is 13.7. The van der Waals surface area contributed by atoms with Crippen LogP contribution in [0, 0.1) is 0 Å². The van der Waals surface area contributed by atoms with Crippen LogP contribution in [0.15, 0.2) is 170 Å². The van der Waals surface area contributed by atoms with Gasteiger partial charge >= 0.3 is 0 Å². The summed E-state index contributed by atoms with van der Waals surface area (Å²) < 4.78 is 4.90. The van der Waals surface area contributed by atoms with E-state index in [1.165, 1.54) is 98.2 Å². The summed E-state index contributed by atoms with van der Waals surface area (Å²) in [5.74, 6) is 0. The van der Waals surface area contributed by atoms with Crippen molar-refractivity contribution in [2.24, 2.45) is 0 Å². The Kier molecular flexibility index (Phi) is 5.00. The molecule has 0 spiro atoms. The van der Waals surface area contributed by atoms with Gasteiger partial charge in [0.2, 0.25) is 0 Å². The van der Waals surface area contributed by atoms with Crippen molar-refractivity contribution in [1.29, 1.82) is 0 Å². The quantitative estimate of drug-likeness (QED) is 0.179. The average molecular weight is 633 g/mol. The van der Waals surface area contributed by atoms with E-state index in [-0.39, 0.29) is 0 Å². The lowest BCUT2D eigenvalue weighted by molar-refractivity contribution is 1.15. The van der Waals surface area contributed by atoms with Gasteiger partial charge in [-0.15, -0.1) is 0 Å². The molecule has 12 rings (SSSR count). The molecule has 2 heteroatoms. The van der Waals surface area contributed by atoms with E-state index in [0.717, 1.165) is 11.4 Å². The monoisotopic (exact) mass is 632 g/mol. The lowest BCUT2D eigenvalue weighted by Gasteiger charge is -2.12. The summed E-state index contributed by atoms with van der Waals surface area (Å²) in [7, 11) is 0. The van der Waals surface area contributed by atoms with Crippen molar-refractivity contribution < 1.29 is 0 Å². The van der Waals surface area contributed by atoms with E-state index in [9.17, 15) is 0 Å². The Hall–Kier alpha value is -6.64. The zero-order chi connectivity index (χ0) is 32.5. The van der Waals surface area contributed by atoms with E-state index in [1.807, 2.05) is 0 Å². The largest absolute Gasteiger partial charge is 0.309 e. The third-order valence-electron chi connectivity index (χ3n) is 11.2. The number of rotatable bonds is 2. The molecule has 0 N–H and O–H groups in total. The van der Waals surface area contributed by atoms with Crippen molar-refractivity contribution in [2.45, 2.75) is 0 Å². The minimum absolute atomic E-state index is 1.16. The van der Waals surface area contributed by atoms with E-state index >= 15 is 0 Å². The molecular weight excluding hydrogens is 605 g/mol. The van der Waals surface area contributed by atoms with Gasteiger partial charge in [-0.3, -0.25) is 0 Å². The molecule has 0 atom stereocenters. The Balaban J connectivity index is 1.11. The minimum atomic E-state index is 1.16. The van der Waals surface area contributed by atoms with Gasteiger partial charge < -0.3 is 9.13 Å². The first-order chi connectivity index (χ1) is 24.8. The van der Waals surface area contributed by atoms with Crippen molar-refractivity contribution in [3.05, 3.63) is 170 Å². The molecule has 2 nitrogen and oxygen atoms in total. The second kappa shape index (κ2) is 9.49. The summed E-state index contributed by atoms with van der Waals surface area (Å²) in [6.07, 6.45) is 0. The zero-order valence-electron chi connectivity index (χ0n) is 27.1. The number of hydrogen-bond acceptors (Lipinski definition) is 0. The molecule has 0 unspecified atom stereocenters. The van der Waals surface area contributed by atoms with Crippen LogP contribution < -0.4 is 0 Å². The lowest BCUT2D eigenvalue weighted by Crippen LogP contribution is -1.97. The van der Waals surface area contributed by atoms with Crippen molar-refractivity contribution in [2.75, 3.05) is 0 Å². The summed E-state index contributed by atoms with van der Waals surface area (Å²) in [5.41, 5.74) is 12.6. The highest BCUT2D eigenvalue weighted by atomic mass is 15.0. The molecule has 2 aromatic heterocycles. The van der Waals surface area contributed by atoms with Crippen LogP contribution in [0.5, 0.6) is 0 Å². The second-order valence-corrected chi connectivity index (χ2v) is 13.7. The van der Waals surface area contributed by atoms with E-state index in [1.54, 1.807) is 0 Å². The van der Waals surface area contributed by atoms with Crippen LogP contribution in [0.3, 0.4) is 0 Å². The zero-order valence-corrected chi connectivity index (χ0v) is 27.1. The highest BCUT2D eigenvalue weighted by molar-refractivity contribution is 6.29. The molecule has 0 radical (unpaired) electrons. The molecule has 1 aliphatic carbocycles. The standard InChI is InChI=1S/C48H28N2/c1-3-13-34-29(9-1)19-26-41-46(34)47-35-14-4-2-10-30(35)20-27-42(47)50(41)33-23-21-32(22-24-33)49-40-18-6-5-15-38(40)48-43(49)28-25-37-36-16-7-11-31-12-8-17-39(44(31)36)45(37)48/h1-28H. The maximum Gasteiger partial charge on any atom is 0.0547 e. The minimum Gasteiger partial charge on any atom is -0.309 e. The summed E-state index contributed by atoms with van der Waals surface area (Å²) >= 11 is 0. The normalized spacial score (nSPS) is 12.4. The topological polar surface area (TPSA) is 9.86 Å². The third-order valence-corrected chi connectivity index (χ3v) is 11.2. The number of aromatic nitrogens is 2. The Morgan fingerprint density at radius 1 is 0.260 bits per heavy atom. The van der Waals surface area contributed by atoms with E-state index in [4.69, 9.17) is 0 Å². The predicted octanol–water partition coefficient (Wildman–Crippen LogP) is 13.0. The summed E-state index contributed by atoms with van der Waals surface area (Å²) in [4.78, 5) is 0. The number of nitrogens with zero attached hydrogens (tertiary/aromatic N) is 2. The van der Waals surface area contributed by atoms with Gasteiger partial charge in [-0.2, -0.15) is 0 Å². The first kappa shape index (κ1) is 26.3. The molecular formula is C48H28N2. The number of benzene rings is 9. The smallest absolute Gasteiger partial charge is 0.0547 e. The molecule has 0 aliphatic heterocycles. The van der Waals surface area contributed by atoms with E-state index in [0.29, 0.717) is 0 Å². The van der Waals surface area contributed by atoms with Crippen molar-refractivity contribution >= 4 is 75.9 Å². The molecule has 0 bridgehead atoms. The summed E-state index contributed by atoms with van der Waals surface area (Å²) in [6, 6.07) is 62.9.